The third kappa shape index (κ3) is 10.2. The zero-order chi connectivity index (χ0) is 11.2. The van der Waals surface area contributed by atoms with Crippen molar-refractivity contribution in [1.82, 2.24) is 0 Å². The maximum atomic E-state index is 5.20. The number of rotatable bonds is 7. The highest BCUT2D eigenvalue weighted by atomic mass is 79.9. The molecule has 0 heterocycles. The van der Waals surface area contributed by atoms with Crippen LogP contribution >= 0.6 is 15.9 Å². The third-order valence-electron chi connectivity index (χ3n) is 1.61. The summed E-state index contributed by atoms with van der Waals surface area (Å²) >= 11 is 3.47. The summed E-state index contributed by atoms with van der Waals surface area (Å²) in [6.45, 7) is 12.5. The van der Waals surface area contributed by atoms with E-state index in [4.69, 9.17) is 9.78 Å². The molecule has 0 rings (SSSR count). The second kappa shape index (κ2) is 6.59. The molecule has 0 aromatic carbocycles. The van der Waals surface area contributed by atoms with Crippen LogP contribution in [0.2, 0.25) is 0 Å². The number of alkyl halides is 1. The molecule has 0 saturated heterocycles. The Morgan fingerprint density at radius 2 is 2.07 bits per heavy atom. The van der Waals surface area contributed by atoms with E-state index in [0.29, 0.717) is 6.61 Å². The predicted molar refractivity (Wildman–Crippen MR) is 63.6 cm³/mol. The van der Waals surface area contributed by atoms with Crippen molar-refractivity contribution in [2.24, 2.45) is 0 Å². The Morgan fingerprint density at radius 3 is 2.50 bits per heavy atom. The molecule has 0 radical (unpaired) electrons. The van der Waals surface area contributed by atoms with Gasteiger partial charge in [0.1, 0.15) is 0 Å². The Labute approximate surface area is 95.7 Å². The van der Waals surface area contributed by atoms with Crippen molar-refractivity contribution in [2.75, 3.05) is 6.61 Å². The van der Waals surface area contributed by atoms with Crippen LogP contribution < -0.4 is 0 Å². The molecule has 0 fully saturated rings. The first-order valence-electron chi connectivity index (χ1n) is 4.93. The van der Waals surface area contributed by atoms with Crippen molar-refractivity contribution in [3.63, 3.8) is 0 Å². The van der Waals surface area contributed by atoms with Gasteiger partial charge in [0.25, 0.3) is 0 Å². The largest absolute Gasteiger partial charge is 0.235 e. The fourth-order valence-corrected chi connectivity index (χ4v) is 0.882. The topological polar surface area (TPSA) is 18.5 Å². The molecule has 0 spiro atoms. The molecule has 0 aliphatic rings. The lowest BCUT2D eigenvalue weighted by atomic mass is 10.1. The SMILES string of the molecule is C=C(C)CCC(C)OOCC(C)(C)Br. The minimum absolute atomic E-state index is 0.0267. The minimum atomic E-state index is -0.0267. The molecule has 14 heavy (non-hydrogen) atoms. The zero-order valence-corrected chi connectivity index (χ0v) is 11.2. The second-order valence-corrected chi connectivity index (χ2v) is 6.53. The van der Waals surface area contributed by atoms with E-state index < -0.39 is 0 Å². The van der Waals surface area contributed by atoms with Gasteiger partial charge in [0.05, 0.1) is 12.7 Å². The Bertz CT molecular complexity index is 173. The minimum Gasteiger partial charge on any atom is -0.235 e. The Hall–Kier alpha value is 0.140. The quantitative estimate of drug-likeness (QED) is 0.301. The van der Waals surface area contributed by atoms with E-state index in [1.807, 2.05) is 27.7 Å². The highest BCUT2D eigenvalue weighted by Crippen LogP contribution is 2.16. The van der Waals surface area contributed by atoms with E-state index in [1.54, 1.807) is 0 Å². The predicted octanol–water partition coefficient (Wildman–Crippen LogP) is 3.85. The summed E-state index contributed by atoms with van der Waals surface area (Å²) in [4.78, 5) is 10.3. The molecule has 0 N–H and O–H groups in total. The van der Waals surface area contributed by atoms with Crippen molar-refractivity contribution in [1.29, 1.82) is 0 Å². The van der Waals surface area contributed by atoms with Crippen molar-refractivity contribution >= 4 is 15.9 Å². The van der Waals surface area contributed by atoms with E-state index in [9.17, 15) is 0 Å². The molecule has 2 nitrogen and oxygen atoms in total. The summed E-state index contributed by atoms with van der Waals surface area (Å²) in [7, 11) is 0. The van der Waals surface area contributed by atoms with Gasteiger partial charge in [-0.1, -0.05) is 21.5 Å². The zero-order valence-electron chi connectivity index (χ0n) is 9.60. The molecule has 0 aromatic rings. The Balaban J connectivity index is 3.45. The van der Waals surface area contributed by atoms with Gasteiger partial charge in [0.2, 0.25) is 0 Å². The van der Waals surface area contributed by atoms with Gasteiger partial charge in [0, 0.05) is 4.32 Å². The standard InChI is InChI=1S/C11H21BrO2/c1-9(2)6-7-10(3)14-13-8-11(4,5)12/h10H,1,6-8H2,2-5H3. The van der Waals surface area contributed by atoms with Gasteiger partial charge >= 0.3 is 0 Å². The number of hydrogen-bond donors (Lipinski definition) is 0. The first-order valence-corrected chi connectivity index (χ1v) is 5.72. The first kappa shape index (κ1) is 14.1. The van der Waals surface area contributed by atoms with Crippen molar-refractivity contribution in [2.45, 2.75) is 51.0 Å². The summed E-state index contributed by atoms with van der Waals surface area (Å²) in [5.41, 5.74) is 1.18. The summed E-state index contributed by atoms with van der Waals surface area (Å²) in [6, 6.07) is 0. The van der Waals surface area contributed by atoms with E-state index in [1.165, 1.54) is 5.57 Å². The van der Waals surface area contributed by atoms with Crippen LogP contribution in [0.4, 0.5) is 0 Å². The van der Waals surface area contributed by atoms with Gasteiger partial charge < -0.3 is 0 Å². The van der Waals surface area contributed by atoms with Gasteiger partial charge in [-0.2, -0.15) is 0 Å². The van der Waals surface area contributed by atoms with Crippen LogP contribution in [0.1, 0.15) is 40.5 Å². The Kier molecular flexibility index (Phi) is 6.66. The molecular formula is C11H21BrO2. The number of allylic oxidation sites excluding steroid dienone is 1. The molecular weight excluding hydrogens is 244 g/mol. The van der Waals surface area contributed by atoms with Gasteiger partial charge in [0.15, 0.2) is 0 Å². The van der Waals surface area contributed by atoms with E-state index in [-0.39, 0.29) is 10.4 Å². The molecule has 0 aliphatic carbocycles. The molecule has 0 aromatic heterocycles. The van der Waals surface area contributed by atoms with Gasteiger partial charge in [-0.15, -0.1) is 6.58 Å². The highest BCUT2D eigenvalue weighted by Gasteiger charge is 2.14. The fraction of sp³-hybridized carbons (Fsp3) is 0.818. The molecule has 0 saturated carbocycles. The normalized spacial score (nSPS) is 14.1. The summed E-state index contributed by atoms with van der Waals surface area (Å²) in [6.07, 6.45) is 2.07. The lowest BCUT2D eigenvalue weighted by Crippen LogP contribution is -2.20. The molecule has 84 valence electrons. The average molecular weight is 265 g/mol. The van der Waals surface area contributed by atoms with Crippen molar-refractivity contribution in [3.05, 3.63) is 12.2 Å². The highest BCUT2D eigenvalue weighted by molar-refractivity contribution is 9.10. The second-order valence-electron chi connectivity index (χ2n) is 4.38. The van der Waals surface area contributed by atoms with Crippen LogP contribution in [-0.2, 0) is 9.78 Å². The molecule has 0 amide bonds. The maximum Gasteiger partial charge on any atom is 0.0970 e. The monoisotopic (exact) mass is 264 g/mol. The first-order chi connectivity index (χ1) is 6.31. The summed E-state index contributed by atoms with van der Waals surface area (Å²) < 4.78 is -0.0267. The number of hydrogen-bond acceptors (Lipinski definition) is 2. The average Bonchev–Trinajstić information content (AvgIpc) is 1.98. The molecule has 1 unspecified atom stereocenters. The molecule has 1 atom stereocenters. The van der Waals surface area contributed by atoms with E-state index in [0.717, 1.165) is 12.8 Å². The van der Waals surface area contributed by atoms with Crippen molar-refractivity contribution in [3.8, 4) is 0 Å². The van der Waals surface area contributed by atoms with Gasteiger partial charge in [-0.25, -0.2) is 9.78 Å². The number of halogens is 1. The van der Waals surface area contributed by atoms with Gasteiger partial charge in [-0.05, 0) is 40.5 Å². The lowest BCUT2D eigenvalue weighted by molar-refractivity contribution is -0.323. The summed E-state index contributed by atoms with van der Waals surface area (Å²) in [5.74, 6) is 0. The van der Waals surface area contributed by atoms with Crippen LogP contribution in [0.3, 0.4) is 0 Å². The molecule has 0 bridgehead atoms. The third-order valence-corrected chi connectivity index (χ3v) is 1.84. The Morgan fingerprint density at radius 1 is 1.50 bits per heavy atom. The van der Waals surface area contributed by atoms with Crippen LogP contribution in [0.15, 0.2) is 12.2 Å². The van der Waals surface area contributed by atoms with E-state index >= 15 is 0 Å². The van der Waals surface area contributed by atoms with E-state index in [2.05, 4.69) is 22.5 Å². The van der Waals surface area contributed by atoms with Crippen LogP contribution in [0.5, 0.6) is 0 Å². The lowest BCUT2D eigenvalue weighted by Gasteiger charge is -2.17. The van der Waals surface area contributed by atoms with Gasteiger partial charge in [-0.3, -0.25) is 0 Å². The molecule has 0 aliphatic heterocycles. The van der Waals surface area contributed by atoms with Crippen LogP contribution in [-0.4, -0.2) is 17.0 Å². The smallest absolute Gasteiger partial charge is 0.0970 e. The molecule has 3 heteroatoms. The fourth-order valence-electron chi connectivity index (χ4n) is 0.788. The van der Waals surface area contributed by atoms with Crippen molar-refractivity contribution < 1.29 is 9.78 Å². The summed E-state index contributed by atoms with van der Waals surface area (Å²) in [5, 5.41) is 0. The maximum absolute atomic E-state index is 5.20. The van der Waals surface area contributed by atoms with Crippen LogP contribution in [0, 0.1) is 0 Å². The van der Waals surface area contributed by atoms with Crippen LogP contribution in [0.25, 0.3) is 0 Å².